The number of hydrogen-bond donors (Lipinski definition) is 3. The van der Waals surface area contributed by atoms with Crippen LogP contribution in [0.5, 0.6) is 0 Å². The summed E-state index contributed by atoms with van der Waals surface area (Å²) in [7, 11) is 0. The number of ether oxygens (including phenoxy) is 1. The van der Waals surface area contributed by atoms with Gasteiger partial charge in [-0.15, -0.1) is 12.4 Å². The van der Waals surface area contributed by atoms with Gasteiger partial charge in [-0.25, -0.2) is 47.5 Å². The van der Waals surface area contributed by atoms with Crippen LogP contribution in [0, 0.1) is 70.6 Å². The van der Waals surface area contributed by atoms with Gasteiger partial charge >= 0.3 is 11.9 Å². The number of H-pyrrole nitrogens is 2. The van der Waals surface area contributed by atoms with E-state index in [1.807, 2.05) is 6.92 Å². The topological polar surface area (TPSA) is 173 Å². The number of pyridine rings is 2. The molecule has 0 spiro atoms. The van der Waals surface area contributed by atoms with Gasteiger partial charge in [-0.3, -0.25) is 9.59 Å². The molecule has 12 rings (SSSR count). The zero-order valence-electron chi connectivity index (χ0n) is 33.3. The average molecular weight is 861 g/mol. The number of esters is 1. The maximum atomic E-state index is 14.7. The van der Waals surface area contributed by atoms with Gasteiger partial charge in [0.1, 0.15) is 22.9 Å². The number of carbonyl (C=O) groups is 2. The third-order valence-corrected chi connectivity index (χ3v) is 13.6. The lowest BCUT2D eigenvalue weighted by atomic mass is 9.57. The van der Waals surface area contributed by atoms with E-state index in [0.717, 1.165) is 76.2 Å². The van der Waals surface area contributed by atoms with Crippen LogP contribution in [0.1, 0.15) is 69.7 Å². The standard InChI is InChI=1S/C23H24F2N4O2.C21H20F2N4O2.ClH/c1-2-31-23(30)20-13-5-3-12(4-6-13)15(20)8-19-18(25)11-28-22(29-19)17-10-27-21-16(17)7-14(24)9-26-21;22-12-5-14-15(8-25-19(14)24-7-12)20-26-9-16(23)17(27-20)6-13-10-1-3-11(4-2-10)18(13)21(28)29;/h7,9-13,15,20H,2-6,8H2,1H3,(H,26,27);5,7-11,13,18H,1-4,6H2,(H,24,25)(H,28,29);1H/t12?,13?,15-,20-;10?,11?,13-,18-;/m00./s1. The monoisotopic (exact) mass is 860 g/mol. The first-order chi connectivity index (χ1) is 29.1. The Morgan fingerprint density at radius 2 is 1.08 bits per heavy atom. The van der Waals surface area contributed by atoms with Crippen molar-refractivity contribution < 1.29 is 37.0 Å². The van der Waals surface area contributed by atoms with Gasteiger partial charge in [0.15, 0.2) is 23.3 Å². The second-order valence-electron chi connectivity index (χ2n) is 16.7. The van der Waals surface area contributed by atoms with Crippen LogP contribution in [0.2, 0.25) is 0 Å². The van der Waals surface area contributed by atoms with Crippen molar-refractivity contribution >= 4 is 46.4 Å². The van der Waals surface area contributed by atoms with Crippen LogP contribution in [0.3, 0.4) is 0 Å². The first-order valence-corrected chi connectivity index (χ1v) is 20.7. The van der Waals surface area contributed by atoms with E-state index in [4.69, 9.17) is 4.74 Å². The molecule has 6 heterocycles. The van der Waals surface area contributed by atoms with E-state index in [1.165, 1.54) is 12.1 Å². The molecule has 320 valence electrons. The van der Waals surface area contributed by atoms with Crippen LogP contribution in [-0.2, 0) is 27.2 Å². The predicted molar refractivity (Wildman–Crippen MR) is 218 cm³/mol. The van der Waals surface area contributed by atoms with E-state index in [1.54, 1.807) is 12.4 Å². The van der Waals surface area contributed by atoms with Crippen molar-refractivity contribution in [2.45, 2.75) is 71.1 Å². The fourth-order valence-electron chi connectivity index (χ4n) is 10.9. The van der Waals surface area contributed by atoms with Crippen molar-refractivity contribution in [3.05, 3.63) is 84.0 Å². The van der Waals surface area contributed by atoms with Gasteiger partial charge in [0.05, 0.1) is 54.6 Å². The number of carbonyl (C=O) groups excluding carboxylic acids is 1. The highest BCUT2D eigenvalue weighted by Gasteiger charge is 2.49. The maximum Gasteiger partial charge on any atom is 0.309 e. The molecule has 3 N–H and O–H groups in total. The average Bonchev–Trinajstić information content (AvgIpc) is 3.87. The summed E-state index contributed by atoms with van der Waals surface area (Å²) in [6.45, 7) is 2.15. The zero-order valence-corrected chi connectivity index (χ0v) is 34.1. The Hall–Kier alpha value is -5.51. The van der Waals surface area contributed by atoms with Gasteiger partial charge in [-0.1, -0.05) is 0 Å². The Morgan fingerprint density at radius 1 is 0.656 bits per heavy atom. The molecule has 6 fully saturated rings. The number of aromatic amines is 2. The Labute approximate surface area is 354 Å². The quantitative estimate of drug-likeness (QED) is 0.0942. The SMILES string of the molecule is CCOC(=O)[C@H]1C2CCC(CC2)[C@@H]1Cc1nc(-c2c[nH]c3ncc(F)cc23)ncc1F.Cl.O=C(O)[C@H]1C2CCC(CC2)[C@@H]1Cc1nc(-c2c[nH]c3ncc(F)cc23)ncc1F. The number of rotatable bonds is 9. The number of carboxylic acid groups (broad SMARTS) is 1. The molecule has 0 aliphatic heterocycles. The van der Waals surface area contributed by atoms with Crippen LogP contribution < -0.4 is 0 Å². The number of aromatic nitrogens is 8. The van der Waals surface area contributed by atoms with Crippen molar-refractivity contribution in [3.8, 4) is 22.8 Å². The fraction of sp³-hybridized carbons (Fsp3) is 0.455. The Bertz CT molecular complexity index is 2570. The number of nitrogens with one attached hydrogen (secondary N) is 2. The van der Waals surface area contributed by atoms with E-state index < -0.39 is 35.2 Å². The minimum absolute atomic E-state index is 0. The van der Waals surface area contributed by atoms with Crippen molar-refractivity contribution in [2.75, 3.05) is 6.61 Å². The molecule has 12 nitrogen and oxygen atoms in total. The highest BCUT2D eigenvalue weighted by molar-refractivity contribution is 5.92. The van der Waals surface area contributed by atoms with Crippen LogP contribution in [0.4, 0.5) is 17.6 Å². The van der Waals surface area contributed by atoms with Crippen LogP contribution in [0.25, 0.3) is 44.8 Å². The lowest BCUT2D eigenvalue weighted by Crippen LogP contribution is -2.45. The van der Waals surface area contributed by atoms with Gasteiger partial charge in [-0.05, 0) is 119 Å². The first-order valence-electron chi connectivity index (χ1n) is 20.7. The number of fused-ring (bicyclic) bond motifs is 8. The number of aliphatic carboxylic acids is 1. The lowest BCUT2D eigenvalue weighted by Gasteiger charge is -2.47. The fourth-order valence-corrected chi connectivity index (χ4v) is 10.9. The van der Waals surface area contributed by atoms with E-state index >= 15 is 0 Å². The third-order valence-electron chi connectivity index (χ3n) is 13.6. The minimum Gasteiger partial charge on any atom is -0.481 e. The molecule has 6 aromatic rings. The largest absolute Gasteiger partial charge is 0.481 e. The zero-order chi connectivity index (χ0) is 41.7. The minimum atomic E-state index is -0.794. The van der Waals surface area contributed by atoms with E-state index in [2.05, 4.69) is 39.9 Å². The molecule has 4 bridgehead atoms. The van der Waals surface area contributed by atoms with Crippen molar-refractivity contribution in [3.63, 3.8) is 0 Å². The molecular weight excluding hydrogens is 816 g/mol. The van der Waals surface area contributed by atoms with Crippen LogP contribution in [0.15, 0.2) is 49.3 Å². The highest BCUT2D eigenvalue weighted by atomic mass is 35.5. The van der Waals surface area contributed by atoms with Gasteiger partial charge in [0.2, 0.25) is 0 Å². The molecule has 61 heavy (non-hydrogen) atoms. The molecule has 0 radical (unpaired) electrons. The molecule has 6 saturated carbocycles. The molecule has 0 amide bonds. The molecule has 6 aliphatic rings. The Balaban J connectivity index is 0.000000166. The first kappa shape index (κ1) is 42.2. The second kappa shape index (κ2) is 17.5. The van der Waals surface area contributed by atoms with Crippen molar-refractivity contribution in [2.24, 2.45) is 47.3 Å². The maximum absolute atomic E-state index is 14.7. The summed E-state index contributed by atoms with van der Waals surface area (Å²) in [5, 5.41) is 10.8. The van der Waals surface area contributed by atoms with Gasteiger partial charge in [-0.2, -0.15) is 0 Å². The molecule has 0 aromatic carbocycles. The number of hydrogen-bond acceptors (Lipinski definition) is 9. The summed E-state index contributed by atoms with van der Waals surface area (Å²) in [5.74, 6) is -2.04. The highest BCUT2D eigenvalue weighted by Crippen LogP contribution is 2.51. The summed E-state index contributed by atoms with van der Waals surface area (Å²) in [6.07, 6.45) is 16.4. The second-order valence-corrected chi connectivity index (χ2v) is 16.7. The number of carboxylic acids is 1. The smallest absolute Gasteiger partial charge is 0.309 e. The molecule has 17 heteroatoms. The molecule has 0 unspecified atom stereocenters. The predicted octanol–water partition coefficient (Wildman–Crippen LogP) is 8.86. The Morgan fingerprint density at radius 3 is 1.52 bits per heavy atom. The van der Waals surface area contributed by atoms with Crippen LogP contribution >= 0.6 is 12.4 Å². The molecule has 6 aromatic heterocycles. The van der Waals surface area contributed by atoms with Crippen molar-refractivity contribution in [1.29, 1.82) is 0 Å². The lowest BCUT2D eigenvalue weighted by molar-refractivity contribution is -0.158. The summed E-state index contributed by atoms with van der Waals surface area (Å²) in [4.78, 5) is 55.7. The summed E-state index contributed by atoms with van der Waals surface area (Å²) in [6, 6.07) is 2.69. The van der Waals surface area contributed by atoms with Crippen LogP contribution in [-0.4, -0.2) is 63.5 Å². The van der Waals surface area contributed by atoms with E-state index in [0.29, 0.717) is 63.9 Å². The summed E-state index contributed by atoms with van der Waals surface area (Å²) in [5.41, 5.74) is 2.61. The molecule has 0 saturated heterocycles. The normalized spacial score (nSPS) is 25.2. The van der Waals surface area contributed by atoms with Gasteiger partial charge < -0.3 is 19.8 Å². The molecule has 6 aliphatic carbocycles. The summed E-state index contributed by atoms with van der Waals surface area (Å²) < 4.78 is 62.0. The number of halogens is 5. The van der Waals surface area contributed by atoms with E-state index in [-0.39, 0.29) is 71.6 Å². The van der Waals surface area contributed by atoms with Crippen molar-refractivity contribution in [1.82, 2.24) is 39.9 Å². The molecule has 4 atom stereocenters. The molecular formula is C44H45ClF4N8O4. The van der Waals surface area contributed by atoms with E-state index in [9.17, 15) is 32.3 Å². The third kappa shape index (κ3) is 8.18. The van der Waals surface area contributed by atoms with Gasteiger partial charge in [0, 0.05) is 34.3 Å². The summed E-state index contributed by atoms with van der Waals surface area (Å²) >= 11 is 0. The Kier molecular flexibility index (Phi) is 12.1. The number of nitrogens with zero attached hydrogens (tertiary/aromatic N) is 6. The van der Waals surface area contributed by atoms with Gasteiger partial charge in [0.25, 0.3) is 0 Å².